The van der Waals surface area contributed by atoms with Gasteiger partial charge in [-0.2, -0.15) is 0 Å². The van der Waals surface area contributed by atoms with Gasteiger partial charge >= 0.3 is 0 Å². The van der Waals surface area contributed by atoms with E-state index in [9.17, 15) is 9.50 Å². The highest BCUT2D eigenvalue weighted by atomic mass is 19.1. The van der Waals surface area contributed by atoms with Crippen LogP contribution in [0.2, 0.25) is 0 Å². The molecule has 0 aliphatic heterocycles. The molecule has 2 aromatic carbocycles. The fourth-order valence-corrected chi connectivity index (χ4v) is 3.38. The molecular weight excluding hydrogens is 357 g/mol. The summed E-state index contributed by atoms with van der Waals surface area (Å²) in [5, 5.41) is 10.5. The van der Waals surface area contributed by atoms with Crippen molar-refractivity contribution in [2.24, 2.45) is 4.99 Å². The summed E-state index contributed by atoms with van der Waals surface area (Å²) in [4.78, 5) is 9.53. The molecule has 0 bridgehead atoms. The second-order valence-corrected chi connectivity index (χ2v) is 6.76. The van der Waals surface area contributed by atoms with E-state index in [-0.39, 0.29) is 5.88 Å². The monoisotopic (exact) mass is 383 g/mol. The number of halogens is 1. The van der Waals surface area contributed by atoms with Crippen LogP contribution in [0.5, 0.6) is 5.88 Å². The Morgan fingerprint density at radius 1 is 1.25 bits per heavy atom. The van der Waals surface area contributed by atoms with Crippen LogP contribution in [0.15, 0.2) is 41.4 Å². The van der Waals surface area contributed by atoms with Crippen LogP contribution in [0.1, 0.15) is 24.5 Å². The summed E-state index contributed by atoms with van der Waals surface area (Å²) in [5.74, 6) is -0.485. The van der Waals surface area contributed by atoms with Gasteiger partial charge in [0.2, 0.25) is 0 Å². The Kier molecular flexibility index (Phi) is 6.31. The average molecular weight is 383 g/mol. The number of ether oxygens (including phenoxy) is 1. The van der Waals surface area contributed by atoms with Gasteiger partial charge in [-0.1, -0.05) is 13.0 Å². The molecule has 148 valence electrons. The Hall–Kier alpha value is -2.86. The van der Waals surface area contributed by atoms with Gasteiger partial charge in [-0.05, 0) is 49.2 Å². The van der Waals surface area contributed by atoms with Crippen LogP contribution >= 0.6 is 0 Å². The van der Waals surface area contributed by atoms with Crippen LogP contribution < -0.4 is 4.90 Å². The number of hydrogen-bond donors (Lipinski definition) is 2. The zero-order chi connectivity index (χ0) is 20.1. The molecule has 0 aliphatic rings. The summed E-state index contributed by atoms with van der Waals surface area (Å²) >= 11 is 0. The number of aromatic amines is 1. The van der Waals surface area contributed by atoms with Crippen molar-refractivity contribution in [2.75, 3.05) is 31.7 Å². The minimum absolute atomic E-state index is 0.0918. The molecule has 3 aromatic rings. The normalized spacial score (nSPS) is 11.6. The third kappa shape index (κ3) is 4.17. The second kappa shape index (κ2) is 8.89. The number of fused-ring (bicyclic) bond motifs is 1. The predicted octanol–water partition coefficient (Wildman–Crippen LogP) is 4.93. The molecule has 1 aromatic heterocycles. The summed E-state index contributed by atoms with van der Waals surface area (Å²) in [6, 6.07) is 10.6. The van der Waals surface area contributed by atoms with Gasteiger partial charge in [0.15, 0.2) is 5.88 Å². The van der Waals surface area contributed by atoms with Crippen molar-refractivity contribution in [3.8, 4) is 5.88 Å². The SMILES string of the molecule is CCCN(CCOC)c1ccc(N=Cc2c(O)[nH]c3cccc(F)c23)cc1C. The van der Waals surface area contributed by atoms with Crippen LogP contribution in [-0.2, 0) is 4.74 Å². The van der Waals surface area contributed by atoms with Gasteiger partial charge in [-0.15, -0.1) is 0 Å². The Balaban J connectivity index is 1.88. The average Bonchev–Trinajstić information content (AvgIpc) is 3.00. The highest BCUT2D eigenvalue weighted by molar-refractivity contribution is 6.02. The van der Waals surface area contributed by atoms with E-state index in [0.29, 0.717) is 23.1 Å². The van der Waals surface area contributed by atoms with E-state index < -0.39 is 5.82 Å². The molecule has 3 rings (SSSR count). The number of nitrogens with one attached hydrogen (secondary N) is 1. The van der Waals surface area contributed by atoms with Crippen LogP contribution in [-0.4, -0.2) is 43.1 Å². The van der Waals surface area contributed by atoms with E-state index in [2.05, 4.69) is 21.8 Å². The number of aromatic nitrogens is 1. The molecule has 0 aliphatic carbocycles. The van der Waals surface area contributed by atoms with E-state index >= 15 is 0 Å². The number of hydrogen-bond acceptors (Lipinski definition) is 4. The Morgan fingerprint density at radius 2 is 2.07 bits per heavy atom. The quantitative estimate of drug-likeness (QED) is 0.542. The fourth-order valence-electron chi connectivity index (χ4n) is 3.38. The molecule has 0 unspecified atom stereocenters. The van der Waals surface area contributed by atoms with Crippen LogP contribution in [0.4, 0.5) is 15.8 Å². The predicted molar refractivity (Wildman–Crippen MR) is 113 cm³/mol. The first-order valence-electron chi connectivity index (χ1n) is 9.43. The molecule has 0 atom stereocenters. The van der Waals surface area contributed by atoms with Crippen molar-refractivity contribution in [1.29, 1.82) is 0 Å². The van der Waals surface area contributed by atoms with Gasteiger partial charge in [0, 0.05) is 37.5 Å². The number of aryl methyl sites for hydroxylation is 1. The number of aliphatic imine (C=N–C) groups is 1. The van der Waals surface area contributed by atoms with Gasteiger partial charge in [0.1, 0.15) is 5.82 Å². The van der Waals surface area contributed by atoms with Crippen molar-refractivity contribution in [3.63, 3.8) is 0 Å². The van der Waals surface area contributed by atoms with Crippen LogP contribution in [0, 0.1) is 12.7 Å². The van der Waals surface area contributed by atoms with Crippen molar-refractivity contribution >= 4 is 28.5 Å². The third-order valence-corrected chi connectivity index (χ3v) is 4.71. The highest BCUT2D eigenvalue weighted by Gasteiger charge is 2.13. The first-order valence-corrected chi connectivity index (χ1v) is 9.43. The molecule has 0 amide bonds. The molecule has 5 nitrogen and oxygen atoms in total. The summed E-state index contributed by atoms with van der Waals surface area (Å²) in [6.45, 7) is 6.66. The Labute approximate surface area is 164 Å². The lowest BCUT2D eigenvalue weighted by molar-refractivity contribution is 0.205. The third-order valence-electron chi connectivity index (χ3n) is 4.71. The Bertz CT molecular complexity index is 981. The van der Waals surface area contributed by atoms with E-state index in [0.717, 1.165) is 36.4 Å². The standard InChI is InChI=1S/C22H26FN3O2/c1-4-10-26(11-12-28-3)20-9-8-16(13-15(20)2)24-14-17-21-18(23)6-5-7-19(21)25-22(17)27/h5-9,13-14,25,27H,4,10-12H2,1-3H3. The van der Waals surface area contributed by atoms with E-state index in [4.69, 9.17) is 4.74 Å². The Morgan fingerprint density at radius 3 is 2.79 bits per heavy atom. The fraction of sp³-hybridized carbons (Fsp3) is 0.318. The largest absolute Gasteiger partial charge is 0.494 e. The minimum Gasteiger partial charge on any atom is -0.494 e. The van der Waals surface area contributed by atoms with E-state index in [1.165, 1.54) is 12.3 Å². The van der Waals surface area contributed by atoms with Gasteiger partial charge < -0.3 is 19.7 Å². The molecule has 0 spiro atoms. The summed E-state index contributed by atoms with van der Waals surface area (Å²) in [7, 11) is 1.71. The molecule has 2 N–H and O–H groups in total. The van der Waals surface area contributed by atoms with E-state index in [1.54, 1.807) is 19.2 Å². The maximum Gasteiger partial charge on any atom is 0.198 e. The molecular formula is C22H26FN3O2. The highest BCUT2D eigenvalue weighted by Crippen LogP contribution is 2.29. The molecule has 0 radical (unpaired) electrons. The van der Waals surface area contributed by atoms with E-state index in [1.807, 2.05) is 25.1 Å². The number of anilines is 1. The number of benzene rings is 2. The maximum absolute atomic E-state index is 14.2. The molecule has 6 heteroatoms. The van der Waals surface area contributed by atoms with Crippen molar-refractivity contribution < 1.29 is 14.2 Å². The molecule has 0 saturated heterocycles. The minimum atomic E-state index is -0.393. The van der Waals surface area contributed by atoms with Crippen LogP contribution in [0.25, 0.3) is 10.9 Å². The lowest BCUT2D eigenvalue weighted by Gasteiger charge is -2.26. The first-order chi connectivity index (χ1) is 13.5. The van der Waals surface area contributed by atoms with Gasteiger partial charge in [0.25, 0.3) is 0 Å². The lowest BCUT2D eigenvalue weighted by atomic mass is 10.1. The number of aromatic hydroxyl groups is 1. The lowest BCUT2D eigenvalue weighted by Crippen LogP contribution is -2.28. The number of H-pyrrole nitrogens is 1. The summed E-state index contributed by atoms with van der Waals surface area (Å²) in [5.41, 5.74) is 3.89. The molecule has 1 heterocycles. The number of methoxy groups -OCH3 is 1. The topological polar surface area (TPSA) is 60.9 Å². The van der Waals surface area contributed by atoms with Gasteiger partial charge in [0.05, 0.1) is 23.4 Å². The molecule has 0 saturated carbocycles. The number of rotatable bonds is 8. The number of nitrogens with zero attached hydrogens (tertiary/aromatic N) is 2. The van der Waals surface area contributed by atoms with Crippen LogP contribution in [0.3, 0.4) is 0 Å². The van der Waals surface area contributed by atoms with Crippen molar-refractivity contribution in [3.05, 3.63) is 53.3 Å². The van der Waals surface area contributed by atoms with Crippen molar-refractivity contribution in [2.45, 2.75) is 20.3 Å². The molecule has 28 heavy (non-hydrogen) atoms. The smallest absolute Gasteiger partial charge is 0.198 e. The summed E-state index contributed by atoms with van der Waals surface area (Å²) in [6.07, 6.45) is 2.55. The zero-order valence-corrected chi connectivity index (χ0v) is 16.5. The maximum atomic E-state index is 14.2. The second-order valence-electron chi connectivity index (χ2n) is 6.76. The zero-order valence-electron chi connectivity index (χ0n) is 16.5. The van der Waals surface area contributed by atoms with Crippen molar-refractivity contribution in [1.82, 2.24) is 4.98 Å². The first kappa shape index (κ1) is 19.9. The summed E-state index contributed by atoms with van der Waals surface area (Å²) < 4.78 is 19.4. The van der Waals surface area contributed by atoms with Gasteiger partial charge in [-0.3, -0.25) is 4.99 Å². The van der Waals surface area contributed by atoms with Gasteiger partial charge in [-0.25, -0.2) is 4.39 Å². The molecule has 0 fully saturated rings.